The molecular weight excluding hydrogens is 268 g/mol. The van der Waals surface area contributed by atoms with E-state index in [0.29, 0.717) is 6.42 Å². The Morgan fingerprint density at radius 3 is 2.19 bits per heavy atom. The summed E-state index contributed by atoms with van der Waals surface area (Å²) in [5.74, 6) is -3.80. The summed E-state index contributed by atoms with van der Waals surface area (Å²) in [6, 6.07) is 0. The molecule has 0 aromatic rings. The molecule has 1 saturated carbocycles. The van der Waals surface area contributed by atoms with Gasteiger partial charge in [0.15, 0.2) is 0 Å². The molecule has 2 N–H and O–H groups in total. The van der Waals surface area contributed by atoms with E-state index in [4.69, 9.17) is 0 Å². The predicted octanol–water partition coefficient (Wildman–Crippen LogP) is 3.57. The molecule has 4 nitrogen and oxygen atoms in total. The van der Waals surface area contributed by atoms with Gasteiger partial charge in [0.25, 0.3) is 0 Å². The minimum absolute atomic E-state index is 0.0303. The third kappa shape index (κ3) is 2.49. The molecule has 0 spiro atoms. The van der Waals surface area contributed by atoms with Gasteiger partial charge in [0.05, 0.1) is 11.8 Å². The van der Waals surface area contributed by atoms with Crippen LogP contribution in [-0.4, -0.2) is 22.2 Å². The summed E-state index contributed by atoms with van der Waals surface area (Å²) in [5, 5.41) is 19.1. The summed E-state index contributed by atoms with van der Waals surface area (Å²) in [5.41, 5.74) is 0.877. The van der Waals surface area contributed by atoms with Gasteiger partial charge in [-0.3, -0.25) is 9.59 Å². The normalized spacial score (nSPS) is 38.9. The van der Waals surface area contributed by atoms with Gasteiger partial charge in [0.1, 0.15) is 0 Å². The number of carboxylic acids is 2. The Hall–Kier alpha value is -1.32. The van der Waals surface area contributed by atoms with Gasteiger partial charge in [-0.25, -0.2) is 0 Å². The highest BCUT2D eigenvalue weighted by atomic mass is 16.4. The van der Waals surface area contributed by atoms with Gasteiger partial charge < -0.3 is 10.2 Å². The first-order valence-corrected chi connectivity index (χ1v) is 7.73. The van der Waals surface area contributed by atoms with Crippen molar-refractivity contribution < 1.29 is 19.8 Å². The lowest BCUT2D eigenvalue weighted by Gasteiger charge is -2.48. The van der Waals surface area contributed by atoms with Gasteiger partial charge in [-0.2, -0.15) is 0 Å². The number of allylic oxidation sites excluding steroid dienone is 2. The van der Waals surface area contributed by atoms with E-state index in [-0.39, 0.29) is 16.7 Å². The lowest BCUT2D eigenvalue weighted by molar-refractivity contribution is -0.159. The largest absolute Gasteiger partial charge is 0.481 e. The standard InChI is InChI=1S/C17H26O4/c1-10-8-11(14(18)19)13(15(20)21)12(9-10)17(4)7-5-6-16(17,2)3/h9,11-13H,5-8H2,1-4H3,(H,18,19)(H,20,21)/t11?,12?,13?,17-/m0/s1. The zero-order valence-electron chi connectivity index (χ0n) is 13.3. The SMILES string of the molecule is CC1=CC([C@]2(C)CCCC2(C)C)C(C(=O)O)C(C(=O)O)C1. The maximum atomic E-state index is 11.8. The quantitative estimate of drug-likeness (QED) is 0.780. The Kier molecular flexibility index (Phi) is 3.94. The van der Waals surface area contributed by atoms with E-state index in [1.165, 1.54) is 0 Å². The molecule has 2 rings (SSSR count). The maximum Gasteiger partial charge on any atom is 0.308 e. The number of hydrogen-bond donors (Lipinski definition) is 2. The Balaban J connectivity index is 2.51. The van der Waals surface area contributed by atoms with Crippen LogP contribution in [-0.2, 0) is 9.59 Å². The Bertz CT molecular complexity index is 491. The fourth-order valence-electron chi connectivity index (χ4n) is 4.49. The second-order valence-corrected chi connectivity index (χ2v) is 7.71. The molecule has 0 amide bonds. The van der Waals surface area contributed by atoms with E-state index in [1.54, 1.807) is 0 Å². The summed E-state index contributed by atoms with van der Waals surface area (Å²) in [6.07, 6.45) is 5.50. The molecule has 2 aliphatic rings. The van der Waals surface area contributed by atoms with Crippen molar-refractivity contribution in [3.63, 3.8) is 0 Å². The van der Waals surface area contributed by atoms with Gasteiger partial charge in [-0.1, -0.05) is 38.8 Å². The molecular formula is C17H26O4. The van der Waals surface area contributed by atoms with Crippen molar-refractivity contribution in [3.8, 4) is 0 Å². The number of carbonyl (C=O) groups is 2. The van der Waals surface area contributed by atoms with Crippen molar-refractivity contribution in [2.75, 3.05) is 0 Å². The molecule has 0 aromatic carbocycles. The molecule has 21 heavy (non-hydrogen) atoms. The Morgan fingerprint density at radius 1 is 1.14 bits per heavy atom. The highest BCUT2D eigenvalue weighted by Crippen LogP contribution is 2.60. The maximum absolute atomic E-state index is 11.8. The Morgan fingerprint density at radius 2 is 1.76 bits per heavy atom. The Labute approximate surface area is 126 Å². The molecule has 0 aliphatic heterocycles. The van der Waals surface area contributed by atoms with Crippen LogP contribution in [0.25, 0.3) is 0 Å². The van der Waals surface area contributed by atoms with Gasteiger partial charge in [-0.15, -0.1) is 0 Å². The molecule has 3 unspecified atom stereocenters. The van der Waals surface area contributed by atoms with Crippen LogP contribution in [0.5, 0.6) is 0 Å². The zero-order chi connectivity index (χ0) is 16.0. The first-order valence-electron chi connectivity index (χ1n) is 7.73. The van der Waals surface area contributed by atoms with Crippen LogP contribution >= 0.6 is 0 Å². The summed E-state index contributed by atoms with van der Waals surface area (Å²) >= 11 is 0. The average molecular weight is 294 g/mol. The van der Waals surface area contributed by atoms with Crippen LogP contribution < -0.4 is 0 Å². The molecule has 0 bridgehead atoms. The second kappa shape index (κ2) is 5.15. The van der Waals surface area contributed by atoms with Crippen LogP contribution in [0.3, 0.4) is 0 Å². The number of hydrogen-bond acceptors (Lipinski definition) is 2. The van der Waals surface area contributed by atoms with E-state index < -0.39 is 23.8 Å². The molecule has 0 aromatic heterocycles. The topological polar surface area (TPSA) is 74.6 Å². The number of rotatable bonds is 3. The lowest BCUT2D eigenvalue weighted by atomic mass is 9.55. The van der Waals surface area contributed by atoms with Crippen LogP contribution in [0.15, 0.2) is 11.6 Å². The predicted molar refractivity (Wildman–Crippen MR) is 79.9 cm³/mol. The summed E-state index contributed by atoms with van der Waals surface area (Å²) in [4.78, 5) is 23.4. The molecule has 4 atom stereocenters. The van der Waals surface area contributed by atoms with E-state index in [2.05, 4.69) is 20.8 Å². The smallest absolute Gasteiger partial charge is 0.308 e. The molecule has 1 fully saturated rings. The molecule has 0 heterocycles. The fraction of sp³-hybridized carbons (Fsp3) is 0.765. The number of carboxylic acid groups (broad SMARTS) is 2. The highest BCUT2D eigenvalue weighted by Gasteiger charge is 2.56. The van der Waals surface area contributed by atoms with E-state index in [1.807, 2.05) is 13.0 Å². The van der Waals surface area contributed by atoms with Crippen LogP contribution in [0, 0.1) is 28.6 Å². The third-order valence-corrected chi connectivity index (χ3v) is 6.21. The number of aliphatic carboxylic acids is 2. The van der Waals surface area contributed by atoms with Gasteiger partial charge >= 0.3 is 11.9 Å². The third-order valence-electron chi connectivity index (χ3n) is 6.21. The zero-order valence-corrected chi connectivity index (χ0v) is 13.3. The van der Waals surface area contributed by atoms with Gasteiger partial charge in [0, 0.05) is 0 Å². The molecule has 0 radical (unpaired) electrons. The van der Waals surface area contributed by atoms with Crippen molar-refractivity contribution in [2.45, 2.75) is 53.4 Å². The minimum atomic E-state index is -0.987. The monoisotopic (exact) mass is 294 g/mol. The van der Waals surface area contributed by atoms with Crippen molar-refractivity contribution >= 4 is 11.9 Å². The van der Waals surface area contributed by atoms with Crippen molar-refractivity contribution in [1.82, 2.24) is 0 Å². The minimum Gasteiger partial charge on any atom is -0.481 e. The van der Waals surface area contributed by atoms with Gasteiger partial charge in [-0.05, 0) is 42.9 Å². The second-order valence-electron chi connectivity index (χ2n) is 7.71. The first kappa shape index (κ1) is 16.1. The molecule has 0 saturated heterocycles. The summed E-state index contributed by atoms with van der Waals surface area (Å²) in [7, 11) is 0. The van der Waals surface area contributed by atoms with Crippen molar-refractivity contribution in [1.29, 1.82) is 0 Å². The van der Waals surface area contributed by atoms with Crippen LogP contribution in [0.1, 0.15) is 53.4 Å². The highest BCUT2D eigenvalue weighted by molar-refractivity contribution is 5.81. The molecule has 2 aliphatic carbocycles. The summed E-state index contributed by atoms with van der Waals surface area (Å²) in [6.45, 7) is 8.44. The van der Waals surface area contributed by atoms with E-state index in [9.17, 15) is 19.8 Å². The van der Waals surface area contributed by atoms with Crippen molar-refractivity contribution in [3.05, 3.63) is 11.6 Å². The molecule has 4 heteroatoms. The van der Waals surface area contributed by atoms with Crippen LogP contribution in [0.2, 0.25) is 0 Å². The first-order chi connectivity index (χ1) is 9.60. The van der Waals surface area contributed by atoms with Crippen molar-refractivity contribution in [2.24, 2.45) is 28.6 Å². The van der Waals surface area contributed by atoms with Gasteiger partial charge in [0.2, 0.25) is 0 Å². The van der Waals surface area contributed by atoms with Crippen LogP contribution in [0.4, 0.5) is 0 Å². The van der Waals surface area contributed by atoms with E-state index >= 15 is 0 Å². The molecule has 118 valence electrons. The van der Waals surface area contributed by atoms with E-state index in [0.717, 1.165) is 24.8 Å². The fourth-order valence-corrected chi connectivity index (χ4v) is 4.49. The average Bonchev–Trinajstić information content (AvgIpc) is 2.63. The summed E-state index contributed by atoms with van der Waals surface area (Å²) < 4.78 is 0. The lowest BCUT2D eigenvalue weighted by Crippen LogP contribution is -2.48.